The number of carbonyl (C=O) groups is 3. The molecule has 0 aliphatic heterocycles. The number of hydrogen-bond donors (Lipinski definition) is 0. The van der Waals surface area contributed by atoms with Gasteiger partial charge >= 0.3 is 17.7 Å². The first-order valence-corrected chi connectivity index (χ1v) is 8.23. The third-order valence-corrected chi connectivity index (χ3v) is 4.04. The van der Waals surface area contributed by atoms with Crippen molar-refractivity contribution < 1.29 is 28.6 Å². The summed E-state index contributed by atoms with van der Waals surface area (Å²) in [5.41, 5.74) is 10.4. The fourth-order valence-corrected chi connectivity index (χ4v) is 2.67. The number of esters is 2. The van der Waals surface area contributed by atoms with Crippen LogP contribution in [0.2, 0.25) is 0 Å². The number of nitrogens with zero attached hydrogens (tertiary/aromatic N) is 2. The van der Waals surface area contributed by atoms with E-state index >= 15 is 0 Å². The number of carbonyl (C=O) groups excluding carboxylic acids is 3. The van der Waals surface area contributed by atoms with E-state index in [0.717, 1.165) is 0 Å². The number of rotatable bonds is 7. The van der Waals surface area contributed by atoms with Crippen LogP contribution >= 0.6 is 0 Å². The van der Waals surface area contributed by atoms with Crippen LogP contribution in [0, 0.1) is 0 Å². The molecule has 0 atom stereocenters. The third-order valence-electron chi connectivity index (χ3n) is 4.04. The molecule has 0 N–H and O–H groups in total. The zero-order valence-electron chi connectivity index (χ0n) is 15.5. The maximum atomic E-state index is 13.0. The first-order chi connectivity index (χ1) is 13.4. The summed E-state index contributed by atoms with van der Waals surface area (Å²) in [7, 11) is 2.45. The fourth-order valence-electron chi connectivity index (χ4n) is 2.67. The van der Waals surface area contributed by atoms with Crippen LogP contribution in [-0.2, 0) is 20.7 Å². The second-order valence-electron chi connectivity index (χ2n) is 5.74. The van der Waals surface area contributed by atoms with E-state index in [1.54, 1.807) is 36.4 Å². The first-order valence-electron chi connectivity index (χ1n) is 8.23. The Morgan fingerprint density at radius 2 is 1.50 bits per heavy atom. The van der Waals surface area contributed by atoms with E-state index in [4.69, 9.17) is 4.74 Å². The van der Waals surface area contributed by atoms with Crippen LogP contribution in [0.4, 0.5) is 0 Å². The Kier molecular flexibility index (Phi) is 6.73. The molecule has 7 nitrogen and oxygen atoms in total. The molecular formula is C21H18N2O5. The third kappa shape index (κ3) is 4.28. The minimum absolute atomic E-state index is 0.0312. The summed E-state index contributed by atoms with van der Waals surface area (Å²) in [4.78, 5) is 39.8. The molecule has 0 aliphatic carbocycles. The molecular weight excluding hydrogens is 360 g/mol. The first kappa shape index (κ1) is 20.5. The highest BCUT2D eigenvalue weighted by molar-refractivity contribution is 6.50. The van der Waals surface area contributed by atoms with Crippen molar-refractivity contribution in [1.82, 2.24) is 0 Å². The molecule has 2 rings (SSSR count). The minimum Gasteiger partial charge on any atom is -0.466 e. The molecule has 28 heavy (non-hydrogen) atoms. The summed E-state index contributed by atoms with van der Waals surface area (Å²) < 4.78 is 9.35. The van der Waals surface area contributed by atoms with Gasteiger partial charge in [0.2, 0.25) is 0 Å². The van der Waals surface area contributed by atoms with Gasteiger partial charge in [-0.2, -0.15) is 4.79 Å². The summed E-state index contributed by atoms with van der Waals surface area (Å²) in [5.74, 6) is -1.94. The highest BCUT2D eigenvalue weighted by Gasteiger charge is 2.30. The van der Waals surface area contributed by atoms with Crippen LogP contribution in [0.15, 0.2) is 60.7 Å². The molecule has 0 heterocycles. The lowest BCUT2D eigenvalue weighted by Crippen LogP contribution is -2.22. The Labute approximate surface area is 161 Å². The van der Waals surface area contributed by atoms with E-state index in [9.17, 15) is 19.9 Å². The van der Waals surface area contributed by atoms with Gasteiger partial charge in [0.05, 0.1) is 25.3 Å². The van der Waals surface area contributed by atoms with Gasteiger partial charge in [-0.3, -0.25) is 4.79 Å². The van der Waals surface area contributed by atoms with Crippen molar-refractivity contribution in [3.8, 4) is 0 Å². The smallest absolute Gasteiger partial charge is 0.370 e. The lowest BCUT2D eigenvalue weighted by atomic mass is 9.92. The van der Waals surface area contributed by atoms with Crippen molar-refractivity contribution in [3.05, 3.63) is 88.5 Å². The van der Waals surface area contributed by atoms with Gasteiger partial charge in [0.15, 0.2) is 0 Å². The Balaban J connectivity index is 2.50. The van der Waals surface area contributed by atoms with Crippen molar-refractivity contribution in [2.45, 2.75) is 6.42 Å². The van der Waals surface area contributed by atoms with Gasteiger partial charge in [0.1, 0.15) is 0 Å². The topological polar surface area (TPSA) is 106 Å². The number of ketones is 1. The largest absolute Gasteiger partial charge is 0.466 e. The number of ether oxygens (including phenoxy) is 2. The molecule has 0 radical (unpaired) electrons. The Bertz CT molecular complexity index is 1000. The number of methoxy groups -OCH3 is 2. The Morgan fingerprint density at radius 1 is 0.929 bits per heavy atom. The monoisotopic (exact) mass is 378 g/mol. The van der Waals surface area contributed by atoms with Crippen LogP contribution < -0.4 is 0 Å². The zero-order chi connectivity index (χ0) is 20.7. The SMILES string of the molecule is C=C(Cc1ccccc1C(=[N+]=[N-])C(=O)c1ccccc1C(=O)OC)C(=O)OC. The van der Waals surface area contributed by atoms with Crippen LogP contribution in [0.1, 0.15) is 31.8 Å². The normalized spacial score (nSPS) is 9.79. The maximum Gasteiger partial charge on any atom is 0.370 e. The van der Waals surface area contributed by atoms with E-state index in [2.05, 4.69) is 16.1 Å². The van der Waals surface area contributed by atoms with Gasteiger partial charge < -0.3 is 15.0 Å². The van der Waals surface area contributed by atoms with E-state index < -0.39 is 17.7 Å². The van der Waals surface area contributed by atoms with Crippen LogP contribution in [-0.4, -0.2) is 42.4 Å². The number of benzene rings is 2. The molecule has 0 fully saturated rings. The lowest BCUT2D eigenvalue weighted by molar-refractivity contribution is -0.136. The molecule has 0 saturated heterocycles. The molecule has 2 aromatic carbocycles. The summed E-state index contributed by atoms with van der Waals surface area (Å²) in [6.45, 7) is 3.68. The van der Waals surface area contributed by atoms with Crippen molar-refractivity contribution in [2.24, 2.45) is 0 Å². The van der Waals surface area contributed by atoms with Gasteiger partial charge in [-0.1, -0.05) is 36.9 Å². The predicted molar refractivity (Wildman–Crippen MR) is 101 cm³/mol. The van der Waals surface area contributed by atoms with E-state index in [0.29, 0.717) is 11.1 Å². The van der Waals surface area contributed by atoms with Crippen LogP contribution in [0.25, 0.3) is 5.53 Å². The second kappa shape index (κ2) is 9.21. The van der Waals surface area contributed by atoms with E-state index in [-0.39, 0.29) is 28.8 Å². The Morgan fingerprint density at radius 3 is 2.07 bits per heavy atom. The molecule has 0 aromatic heterocycles. The lowest BCUT2D eigenvalue weighted by Gasteiger charge is -2.09. The maximum absolute atomic E-state index is 13.0. The van der Waals surface area contributed by atoms with Crippen molar-refractivity contribution in [1.29, 1.82) is 0 Å². The molecule has 142 valence electrons. The average Bonchev–Trinajstić information content (AvgIpc) is 2.73. The summed E-state index contributed by atoms with van der Waals surface area (Å²) in [5, 5.41) is 0. The average molecular weight is 378 g/mol. The van der Waals surface area contributed by atoms with Gasteiger partial charge in [-0.05, 0) is 23.8 Å². The molecule has 0 spiro atoms. The second-order valence-corrected chi connectivity index (χ2v) is 5.74. The van der Waals surface area contributed by atoms with Crippen LogP contribution in [0.3, 0.4) is 0 Å². The zero-order valence-corrected chi connectivity index (χ0v) is 15.5. The van der Waals surface area contributed by atoms with Crippen molar-refractivity contribution in [3.63, 3.8) is 0 Å². The summed E-state index contributed by atoms with van der Waals surface area (Å²) in [6, 6.07) is 12.7. The highest BCUT2D eigenvalue weighted by atomic mass is 16.5. The van der Waals surface area contributed by atoms with Crippen LogP contribution in [0.5, 0.6) is 0 Å². The molecule has 0 saturated carbocycles. The molecule has 0 unspecified atom stereocenters. The van der Waals surface area contributed by atoms with Gasteiger partial charge in [-0.25, -0.2) is 9.59 Å². The standard InChI is InChI=1S/C21H18N2O5/c1-13(20(25)27-2)12-14-8-4-5-9-15(14)18(23-22)19(24)16-10-6-7-11-17(16)21(26)28-3/h4-11H,1,12H2,2-3H3. The van der Waals surface area contributed by atoms with Crippen molar-refractivity contribution >= 4 is 23.4 Å². The number of hydrogen-bond acceptors (Lipinski definition) is 5. The highest BCUT2D eigenvalue weighted by Crippen LogP contribution is 2.18. The Hall–Kier alpha value is -3.83. The number of Topliss-reactive ketones (excluding diaryl/α,β-unsaturated/α-hetero) is 1. The molecule has 0 amide bonds. The minimum atomic E-state index is -0.686. The van der Waals surface area contributed by atoms with Gasteiger partial charge in [-0.15, -0.1) is 0 Å². The van der Waals surface area contributed by atoms with Crippen molar-refractivity contribution in [2.75, 3.05) is 14.2 Å². The fraction of sp³-hybridized carbons (Fsp3) is 0.143. The molecule has 7 heteroatoms. The van der Waals surface area contributed by atoms with E-state index in [1.807, 2.05) is 0 Å². The quantitative estimate of drug-likeness (QED) is 0.184. The summed E-state index contributed by atoms with van der Waals surface area (Å²) in [6.07, 6.45) is 0.0911. The van der Waals surface area contributed by atoms with Gasteiger partial charge in [0, 0.05) is 17.6 Å². The molecule has 0 bridgehead atoms. The predicted octanol–water partition coefficient (Wildman–Crippen LogP) is 2.65. The van der Waals surface area contributed by atoms with Gasteiger partial charge in [0.25, 0.3) is 5.78 Å². The summed E-state index contributed by atoms with van der Waals surface area (Å²) >= 11 is 0. The molecule has 0 aliphatic rings. The van der Waals surface area contributed by atoms with E-state index in [1.165, 1.54) is 26.4 Å². The molecule has 2 aromatic rings.